The topological polar surface area (TPSA) is 75.1 Å². The van der Waals surface area contributed by atoms with Crippen molar-refractivity contribution in [2.24, 2.45) is 5.92 Å². The lowest BCUT2D eigenvalue weighted by molar-refractivity contribution is 0.0689. The molecule has 0 bridgehead atoms. The third-order valence-corrected chi connectivity index (χ3v) is 5.68. The number of hydrogen-bond acceptors (Lipinski definition) is 4. The van der Waals surface area contributed by atoms with Gasteiger partial charge >= 0.3 is 5.97 Å². The molecule has 2 fully saturated rings. The lowest BCUT2D eigenvalue weighted by atomic mass is 9.78. The van der Waals surface area contributed by atoms with Crippen LogP contribution >= 0.6 is 0 Å². The van der Waals surface area contributed by atoms with Crippen LogP contribution in [0, 0.1) is 5.92 Å². The first kappa shape index (κ1) is 17.0. The normalized spacial score (nSPS) is 22.8. The van der Waals surface area contributed by atoms with E-state index in [1.165, 1.54) is 37.6 Å². The van der Waals surface area contributed by atoms with Gasteiger partial charge in [0.15, 0.2) is 5.69 Å². The van der Waals surface area contributed by atoms with Crippen molar-refractivity contribution in [3.63, 3.8) is 0 Å². The molecule has 2 N–H and O–H groups in total. The first-order valence-electron chi connectivity index (χ1n) is 9.59. The Kier molecular flexibility index (Phi) is 4.87. The third kappa shape index (κ3) is 3.71. The van der Waals surface area contributed by atoms with E-state index in [9.17, 15) is 9.90 Å². The molecule has 2 aromatic rings. The van der Waals surface area contributed by atoms with E-state index in [-0.39, 0.29) is 5.69 Å². The minimum Gasteiger partial charge on any atom is -0.476 e. The molecule has 4 rings (SSSR count). The quantitative estimate of drug-likeness (QED) is 0.805. The van der Waals surface area contributed by atoms with Crippen molar-refractivity contribution < 1.29 is 9.90 Å². The molecule has 0 aliphatic heterocycles. The Morgan fingerprint density at radius 2 is 1.88 bits per heavy atom. The second kappa shape index (κ2) is 7.44. The number of benzene rings is 1. The number of aromatic carboxylic acids is 1. The van der Waals surface area contributed by atoms with Crippen molar-refractivity contribution in [1.82, 2.24) is 9.97 Å². The summed E-state index contributed by atoms with van der Waals surface area (Å²) >= 11 is 0. The maximum atomic E-state index is 11.5. The van der Waals surface area contributed by atoms with Crippen LogP contribution in [0.2, 0.25) is 0 Å². The van der Waals surface area contributed by atoms with Crippen molar-refractivity contribution in [3.8, 4) is 0 Å². The Hall–Kier alpha value is -2.43. The third-order valence-electron chi connectivity index (χ3n) is 5.68. The lowest BCUT2D eigenvalue weighted by Crippen LogP contribution is -2.23. The highest BCUT2D eigenvalue weighted by molar-refractivity contribution is 5.89. The van der Waals surface area contributed by atoms with Crippen LogP contribution in [-0.2, 0) is 0 Å². The molecule has 136 valence electrons. The van der Waals surface area contributed by atoms with Crippen LogP contribution in [-0.4, -0.2) is 27.6 Å². The minimum absolute atomic E-state index is 0.163. The Morgan fingerprint density at radius 1 is 1.08 bits per heavy atom. The fraction of sp³-hybridized carbons (Fsp3) is 0.476. The maximum absolute atomic E-state index is 11.5. The zero-order valence-corrected chi connectivity index (χ0v) is 14.9. The molecule has 0 radical (unpaired) electrons. The van der Waals surface area contributed by atoms with Gasteiger partial charge in [0.05, 0.1) is 0 Å². The maximum Gasteiger partial charge on any atom is 0.354 e. The van der Waals surface area contributed by atoms with Crippen molar-refractivity contribution in [2.45, 2.75) is 50.4 Å². The molecule has 0 amide bonds. The molecule has 2 saturated carbocycles. The molecule has 0 spiro atoms. The average Bonchev–Trinajstić information content (AvgIpc) is 3.52. The van der Waals surface area contributed by atoms with Crippen LogP contribution in [0.4, 0.5) is 5.82 Å². The average molecular weight is 351 g/mol. The molecular formula is C21H25N3O2. The molecule has 2 aliphatic carbocycles. The number of carboxylic acid groups (broad SMARTS) is 1. The van der Waals surface area contributed by atoms with E-state index < -0.39 is 5.97 Å². The van der Waals surface area contributed by atoms with Gasteiger partial charge in [0.25, 0.3) is 0 Å². The highest BCUT2D eigenvalue weighted by atomic mass is 16.4. The van der Waals surface area contributed by atoms with Crippen molar-refractivity contribution in [1.29, 1.82) is 0 Å². The molecule has 2 aliphatic rings. The van der Waals surface area contributed by atoms with Gasteiger partial charge in [-0.3, -0.25) is 0 Å². The van der Waals surface area contributed by atoms with Gasteiger partial charge in [0.1, 0.15) is 12.1 Å². The summed E-state index contributed by atoms with van der Waals surface area (Å²) < 4.78 is 0. The van der Waals surface area contributed by atoms with Crippen LogP contribution in [0.5, 0.6) is 0 Å². The van der Waals surface area contributed by atoms with Crippen LogP contribution in [0.15, 0.2) is 36.7 Å². The van der Waals surface area contributed by atoms with E-state index in [1.807, 2.05) is 0 Å². The molecule has 5 nitrogen and oxygen atoms in total. The molecule has 1 aromatic carbocycles. The summed E-state index contributed by atoms with van der Waals surface area (Å²) in [5.41, 5.74) is 2.40. The zero-order valence-electron chi connectivity index (χ0n) is 14.9. The fourth-order valence-corrected chi connectivity index (χ4v) is 4.21. The Morgan fingerprint density at radius 3 is 2.62 bits per heavy atom. The highest BCUT2D eigenvalue weighted by Crippen LogP contribution is 2.44. The van der Waals surface area contributed by atoms with E-state index in [0.29, 0.717) is 17.8 Å². The van der Waals surface area contributed by atoms with Crippen LogP contribution < -0.4 is 5.32 Å². The van der Waals surface area contributed by atoms with E-state index in [4.69, 9.17) is 0 Å². The lowest BCUT2D eigenvalue weighted by Gasteiger charge is -2.30. The van der Waals surface area contributed by atoms with Gasteiger partial charge in [-0.05, 0) is 55.4 Å². The van der Waals surface area contributed by atoms with Crippen molar-refractivity contribution in [3.05, 3.63) is 53.5 Å². The number of anilines is 1. The van der Waals surface area contributed by atoms with Crippen molar-refractivity contribution >= 4 is 11.8 Å². The van der Waals surface area contributed by atoms with Crippen LogP contribution in [0.25, 0.3) is 0 Å². The fourth-order valence-electron chi connectivity index (χ4n) is 4.21. The van der Waals surface area contributed by atoms with Gasteiger partial charge in [-0.2, -0.15) is 0 Å². The standard InChI is InChI=1S/C21H25N3O2/c25-21(26)19-18(16-9-10-16)20(24-13-23-19)22-12-14-5-4-8-17(11-14)15-6-2-1-3-7-15/h1-3,6-7,13-14,16-17H,4-5,8-12H2,(H,25,26)(H,22,23,24). The Labute approximate surface area is 153 Å². The molecule has 1 heterocycles. The predicted octanol–water partition coefficient (Wildman–Crippen LogP) is 4.44. The van der Waals surface area contributed by atoms with Gasteiger partial charge in [-0.15, -0.1) is 0 Å². The van der Waals surface area contributed by atoms with E-state index >= 15 is 0 Å². The summed E-state index contributed by atoms with van der Waals surface area (Å²) in [5.74, 6) is 1.28. The Balaban J connectivity index is 1.44. The first-order valence-corrected chi connectivity index (χ1v) is 9.59. The smallest absolute Gasteiger partial charge is 0.354 e. The monoisotopic (exact) mass is 351 g/mol. The number of aromatic nitrogens is 2. The predicted molar refractivity (Wildman–Crippen MR) is 101 cm³/mol. The van der Waals surface area contributed by atoms with Gasteiger partial charge in [0.2, 0.25) is 0 Å². The van der Waals surface area contributed by atoms with Gasteiger partial charge < -0.3 is 10.4 Å². The summed E-state index contributed by atoms with van der Waals surface area (Å²) in [6.45, 7) is 0.846. The number of carboxylic acids is 1. The van der Waals surface area contributed by atoms with E-state index in [0.717, 1.165) is 30.8 Å². The molecule has 2 unspecified atom stereocenters. The number of hydrogen-bond donors (Lipinski definition) is 2. The minimum atomic E-state index is -0.959. The number of nitrogens with one attached hydrogen (secondary N) is 1. The number of carbonyl (C=O) groups is 1. The molecule has 1 aromatic heterocycles. The summed E-state index contributed by atoms with van der Waals surface area (Å²) in [6, 6.07) is 10.8. The van der Waals surface area contributed by atoms with E-state index in [1.54, 1.807) is 0 Å². The largest absolute Gasteiger partial charge is 0.476 e. The Bertz CT molecular complexity index is 774. The number of nitrogens with zero attached hydrogens (tertiary/aromatic N) is 2. The van der Waals surface area contributed by atoms with E-state index in [2.05, 4.69) is 45.6 Å². The SMILES string of the molecule is O=C(O)c1ncnc(NCC2CCCC(c3ccccc3)C2)c1C1CC1. The second-order valence-electron chi connectivity index (χ2n) is 7.59. The molecular weight excluding hydrogens is 326 g/mol. The summed E-state index contributed by atoms with van der Waals surface area (Å²) in [4.78, 5) is 19.8. The second-order valence-corrected chi connectivity index (χ2v) is 7.59. The summed E-state index contributed by atoms with van der Waals surface area (Å²) in [5, 5.41) is 12.9. The first-order chi connectivity index (χ1) is 12.7. The zero-order chi connectivity index (χ0) is 17.9. The molecule has 0 saturated heterocycles. The van der Waals surface area contributed by atoms with Crippen LogP contribution in [0.1, 0.15) is 72.0 Å². The summed E-state index contributed by atoms with van der Waals surface area (Å²) in [7, 11) is 0. The molecule has 2 atom stereocenters. The van der Waals surface area contributed by atoms with Gasteiger partial charge in [-0.25, -0.2) is 14.8 Å². The summed E-state index contributed by atoms with van der Waals surface area (Å²) in [6.07, 6.45) is 8.31. The van der Waals surface area contributed by atoms with Crippen LogP contribution in [0.3, 0.4) is 0 Å². The molecule has 5 heteroatoms. The molecule has 26 heavy (non-hydrogen) atoms. The highest BCUT2D eigenvalue weighted by Gasteiger charge is 2.33. The van der Waals surface area contributed by atoms with Gasteiger partial charge in [-0.1, -0.05) is 36.8 Å². The van der Waals surface area contributed by atoms with Gasteiger partial charge in [0, 0.05) is 12.1 Å². The number of rotatable bonds is 6. The van der Waals surface area contributed by atoms with Crippen molar-refractivity contribution in [2.75, 3.05) is 11.9 Å².